The number of unbranched alkanes of at least 4 members (excludes halogenated alkanes) is 1. The molecule has 0 radical (unpaired) electrons. The van der Waals surface area contributed by atoms with Crippen molar-refractivity contribution in [3.8, 4) is 6.07 Å². The number of hydrogen-bond donors (Lipinski definition) is 1. The largest absolute Gasteiger partial charge is 0.365 e. The van der Waals surface area contributed by atoms with Crippen LogP contribution in [0.3, 0.4) is 0 Å². The monoisotopic (exact) mass is 384 g/mol. The highest BCUT2D eigenvalue weighted by atomic mass is 32.2. The van der Waals surface area contributed by atoms with Crippen molar-refractivity contribution in [1.82, 2.24) is 15.3 Å². The Labute approximate surface area is 166 Å². The van der Waals surface area contributed by atoms with E-state index in [9.17, 15) is 5.26 Å². The number of nitriles is 1. The van der Waals surface area contributed by atoms with E-state index < -0.39 is 0 Å². The van der Waals surface area contributed by atoms with Crippen LogP contribution in [-0.2, 0) is 6.54 Å². The van der Waals surface area contributed by atoms with Gasteiger partial charge in [-0.05, 0) is 38.0 Å². The van der Waals surface area contributed by atoms with Gasteiger partial charge in [-0.1, -0.05) is 26.7 Å². The maximum absolute atomic E-state index is 9.86. The first-order chi connectivity index (χ1) is 13.1. The lowest BCUT2D eigenvalue weighted by atomic mass is 10.2. The molecule has 1 aromatic rings. The fraction of sp³-hybridized carbons (Fsp3) is 0.500. The van der Waals surface area contributed by atoms with Crippen LogP contribution in [0.15, 0.2) is 46.0 Å². The summed E-state index contributed by atoms with van der Waals surface area (Å²) in [6.45, 7) is 8.84. The van der Waals surface area contributed by atoms with Gasteiger partial charge in [0.15, 0.2) is 0 Å². The molecule has 2 unspecified atom stereocenters. The number of hydrazone groups is 1. The molecule has 0 aliphatic carbocycles. The van der Waals surface area contributed by atoms with Gasteiger partial charge in [0.05, 0.1) is 0 Å². The van der Waals surface area contributed by atoms with E-state index in [1.165, 1.54) is 12.8 Å². The normalized spacial score (nSPS) is 18.4. The van der Waals surface area contributed by atoms with Crippen LogP contribution in [0, 0.1) is 11.3 Å². The van der Waals surface area contributed by atoms with Gasteiger partial charge in [-0.15, -0.1) is 11.8 Å². The fourth-order valence-electron chi connectivity index (χ4n) is 2.76. The molecule has 2 rings (SSSR count). The molecule has 1 N–H and O–H groups in total. The molecule has 0 fully saturated rings. The predicted octanol–water partition coefficient (Wildman–Crippen LogP) is 4.28. The summed E-state index contributed by atoms with van der Waals surface area (Å²) >= 11 is 1.68. The Bertz CT molecular complexity index is 735. The van der Waals surface area contributed by atoms with Crippen LogP contribution in [0.2, 0.25) is 0 Å². The Morgan fingerprint density at radius 3 is 2.81 bits per heavy atom. The minimum atomic E-state index is -0.167. The average molecular weight is 385 g/mol. The summed E-state index contributed by atoms with van der Waals surface area (Å²) in [5.74, 6) is 0.708. The lowest BCUT2D eigenvalue weighted by molar-refractivity contribution is 0.263. The quantitative estimate of drug-likeness (QED) is 0.677. The highest BCUT2D eigenvalue weighted by molar-refractivity contribution is 8.15. The van der Waals surface area contributed by atoms with Crippen LogP contribution < -0.4 is 5.32 Å². The summed E-state index contributed by atoms with van der Waals surface area (Å²) in [6, 6.07) is 6.26. The molecule has 2 atom stereocenters. The number of nitrogens with one attached hydrogen (secondary N) is 1. The molecule has 2 heterocycles. The molecule has 0 saturated carbocycles. The Kier molecular flexibility index (Phi) is 8.34. The van der Waals surface area contributed by atoms with Gasteiger partial charge in [0.25, 0.3) is 0 Å². The molecule has 1 aromatic heterocycles. The van der Waals surface area contributed by atoms with Gasteiger partial charge in [-0.25, -0.2) is 5.01 Å². The van der Waals surface area contributed by atoms with Gasteiger partial charge in [0.1, 0.15) is 28.7 Å². The van der Waals surface area contributed by atoms with Crippen LogP contribution in [-0.4, -0.2) is 32.7 Å². The Morgan fingerprint density at radius 2 is 2.19 bits per heavy atom. The number of nitrogens with zero attached hydrogens (tertiary/aromatic N) is 5. The molecule has 0 saturated heterocycles. The summed E-state index contributed by atoms with van der Waals surface area (Å²) in [5, 5.41) is 20.7. The van der Waals surface area contributed by atoms with Gasteiger partial charge < -0.3 is 5.32 Å². The third-order valence-electron chi connectivity index (χ3n) is 4.18. The number of aromatic nitrogens is 1. The van der Waals surface area contributed by atoms with E-state index in [1.807, 2.05) is 26.0 Å². The smallest absolute Gasteiger partial charge is 0.146 e. The average Bonchev–Trinajstić information content (AvgIpc) is 2.67. The maximum Gasteiger partial charge on any atom is 0.146 e. The van der Waals surface area contributed by atoms with Crippen LogP contribution in [0.4, 0.5) is 0 Å². The second-order valence-electron chi connectivity index (χ2n) is 6.40. The Hall–Kier alpha value is -2.33. The zero-order chi connectivity index (χ0) is 19.6. The van der Waals surface area contributed by atoms with Crippen molar-refractivity contribution in [2.24, 2.45) is 10.1 Å². The van der Waals surface area contributed by atoms with Crippen LogP contribution >= 0.6 is 11.8 Å². The Morgan fingerprint density at radius 1 is 1.44 bits per heavy atom. The van der Waals surface area contributed by atoms with Crippen LogP contribution in [0.25, 0.3) is 0 Å². The lowest BCUT2D eigenvalue weighted by Gasteiger charge is -2.32. The third-order valence-corrected chi connectivity index (χ3v) is 5.35. The van der Waals surface area contributed by atoms with E-state index in [2.05, 4.69) is 35.3 Å². The highest BCUT2D eigenvalue weighted by Gasteiger charge is 2.29. The fourth-order valence-corrected chi connectivity index (χ4v) is 3.90. The molecule has 0 bridgehead atoms. The number of thioether (sulfide) groups is 1. The number of aliphatic imine (C=N–C) groups is 1. The van der Waals surface area contributed by atoms with Gasteiger partial charge in [-0.2, -0.15) is 10.4 Å². The summed E-state index contributed by atoms with van der Waals surface area (Å²) in [5.41, 5.74) is 1.65. The molecule has 144 valence electrons. The van der Waals surface area contributed by atoms with E-state index in [0.717, 1.165) is 17.0 Å². The van der Waals surface area contributed by atoms with Crippen molar-refractivity contribution >= 4 is 23.0 Å². The molecule has 1 aliphatic heterocycles. The zero-order valence-electron chi connectivity index (χ0n) is 16.5. The van der Waals surface area contributed by atoms with Crippen molar-refractivity contribution in [2.75, 3.05) is 0 Å². The first-order valence-corrected chi connectivity index (χ1v) is 10.3. The zero-order valence-corrected chi connectivity index (χ0v) is 17.3. The van der Waals surface area contributed by atoms with Crippen molar-refractivity contribution in [2.45, 2.75) is 64.9 Å². The molecular weight excluding hydrogens is 356 g/mol. The molecular formula is C20H28N6S. The van der Waals surface area contributed by atoms with E-state index in [1.54, 1.807) is 35.4 Å². The molecule has 6 nitrogen and oxygen atoms in total. The van der Waals surface area contributed by atoms with E-state index in [0.29, 0.717) is 23.2 Å². The molecule has 27 heavy (non-hydrogen) atoms. The lowest BCUT2D eigenvalue weighted by Crippen LogP contribution is -2.39. The number of pyridine rings is 1. The Balaban J connectivity index is 2.28. The van der Waals surface area contributed by atoms with Crippen molar-refractivity contribution in [3.05, 3.63) is 41.5 Å². The van der Waals surface area contributed by atoms with Crippen LogP contribution in [0.5, 0.6) is 0 Å². The van der Waals surface area contributed by atoms with Gasteiger partial charge >= 0.3 is 0 Å². The molecule has 1 aliphatic rings. The second-order valence-corrected chi connectivity index (χ2v) is 7.83. The third kappa shape index (κ3) is 5.83. The SMILES string of the molecule is C/C=N\N1C(NCc2ccncc2)=C(C#N)C(SC(C)CCCC)=NC1C. The van der Waals surface area contributed by atoms with E-state index in [-0.39, 0.29) is 6.17 Å². The minimum absolute atomic E-state index is 0.167. The summed E-state index contributed by atoms with van der Waals surface area (Å²) in [6.07, 6.45) is 8.55. The van der Waals surface area contributed by atoms with Crippen molar-refractivity contribution in [1.29, 1.82) is 5.26 Å². The molecule has 0 spiro atoms. The van der Waals surface area contributed by atoms with Crippen LogP contribution in [0.1, 0.15) is 52.5 Å². The summed E-state index contributed by atoms with van der Waals surface area (Å²) < 4.78 is 0. The second kappa shape index (κ2) is 10.7. The summed E-state index contributed by atoms with van der Waals surface area (Å²) in [7, 11) is 0. The minimum Gasteiger partial charge on any atom is -0.365 e. The van der Waals surface area contributed by atoms with Gasteiger partial charge in [0, 0.05) is 30.4 Å². The first-order valence-electron chi connectivity index (χ1n) is 9.40. The van der Waals surface area contributed by atoms with E-state index >= 15 is 0 Å². The molecule has 0 amide bonds. The number of rotatable bonds is 8. The summed E-state index contributed by atoms with van der Waals surface area (Å²) in [4.78, 5) is 8.80. The standard InChI is InChI=1S/C20H28N6S/c1-5-7-8-15(3)27-20-18(13-21)19(26(24-6-2)16(4)25-20)23-14-17-9-11-22-12-10-17/h6,9-12,15-16,23H,5,7-8,14H2,1-4H3/b24-6-. The maximum atomic E-state index is 9.86. The highest BCUT2D eigenvalue weighted by Crippen LogP contribution is 2.29. The molecule has 0 aromatic carbocycles. The van der Waals surface area contributed by atoms with Gasteiger partial charge in [-0.3, -0.25) is 9.98 Å². The van der Waals surface area contributed by atoms with E-state index in [4.69, 9.17) is 4.99 Å². The van der Waals surface area contributed by atoms with Crippen molar-refractivity contribution < 1.29 is 0 Å². The molecule has 7 heteroatoms. The van der Waals surface area contributed by atoms with Crippen molar-refractivity contribution in [3.63, 3.8) is 0 Å². The van der Waals surface area contributed by atoms with Gasteiger partial charge in [0.2, 0.25) is 0 Å². The topological polar surface area (TPSA) is 76.7 Å². The number of hydrogen-bond acceptors (Lipinski definition) is 7. The first kappa shape index (κ1) is 21.0. The predicted molar refractivity (Wildman–Crippen MR) is 113 cm³/mol.